The quantitative estimate of drug-likeness (QED) is 0.610. The van der Waals surface area contributed by atoms with E-state index in [4.69, 9.17) is 4.74 Å². The number of hydrogen-bond donors (Lipinski definition) is 1. The van der Waals surface area contributed by atoms with Crippen LogP contribution in [0.5, 0.6) is 0 Å². The third-order valence-electron chi connectivity index (χ3n) is 6.91. The molecule has 0 bridgehead atoms. The molecule has 27 heavy (non-hydrogen) atoms. The van der Waals surface area contributed by atoms with Crippen LogP contribution in [0.15, 0.2) is 12.7 Å². The van der Waals surface area contributed by atoms with Crippen LogP contribution in [0, 0.1) is 11.8 Å². The van der Waals surface area contributed by atoms with E-state index in [1.165, 1.54) is 57.9 Å². The molecule has 2 aliphatic carbocycles. The van der Waals surface area contributed by atoms with Crippen molar-refractivity contribution in [2.45, 2.75) is 89.2 Å². The molecule has 3 atom stereocenters. The van der Waals surface area contributed by atoms with E-state index in [9.17, 15) is 4.79 Å². The fourth-order valence-corrected chi connectivity index (χ4v) is 5.38. The Morgan fingerprint density at radius 2 is 1.85 bits per heavy atom. The molecule has 3 fully saturated rings. The number of likely N-dealkylation sites (tertiary alicyclic amines) is 1. The molecule has 3 aliphatic rings. The van der Waals surface area contributed by atoms with Gasteiger partial charge in [0, 0.05) is 25.6 Å². The third kappa shape index (κ3) is 6.90. The zero-order chi connectivity index (χ0) is 18.9. The molecule has 0 spiro atoms. The van der Waals surface area contributed by atoms with Gasteiger partial charge in [0.1, 0.15) is 0 Å². The molecule has 4 heteroatoms. The number of rotatable bonds is 9. The van der Waals surface area contributed by atoms with Crippen molar-refractivity contribution in [3.8, 4) is 0 Å². The zero-order valence-electron chi connectivity index (χ0n) is 17.2. The topological polar surface area (TPSA) is 41.6 Å². The summed E-state index contributed by atoms with van der Waals surface area (Å²) in [7, 11) is 0. The molecule has 0 aromatic heterocycles. The van der Waals surface area contributed by atoms with Gasteiger partial charge in [0.05, 0.1) is 12.7 Å². The number of amides is 1. The molecule has 0 radical (unpaired) electrons. The Hall–Kier alpha value is -0.870. The SMILES string of the molecule is C=CCOC1CCCN(CC2CCCC[C@@H]2NC(=O)CCC2CCCC2)C1. The lowest BCUT2D eigenvalue weighted by molar-refractivity contribution is -0.122. The van der Waals surface area contributed by atoms with Crippen molar-refractivity contribution in [1.82, 2.24) is 10.2 Å². The average molecular weight is 377 g/mol. The molecular formula is C23H40N2O2. The molecule has 0 aromatic rings. The molecule has 154 valence electrons. The summed E-state index contributed by atoms with van der Waals surface area (Å²) in [6.07, 6.45) is 16.8. The van der Waals surface area contributed by atoms with Crippen LogP contribution in [0.3, 0.4) is 0 Å². The van der Waals surface area contributed by atoms with Crippen molar-refractivity contribution in [2.24, 2.45) is 11.8 Å². The summed E-state index contributed by atoms with van der Waals surface area (Å²) in [6, 6.07) is 0.379. The summed E-state index contributed by atoms with van der Waals surface area (Å²) >= 11 is 0. The number of hydrogen-bond acceptors (Lipinski definition) is 3. The first-order valence-electron chi connectivity index (χ1n) is 11.5. The van der Waals surface area contributed by atoms with Gasteiger partial charge in [0.15, 0.2) is 0 Å². The van der Waals surface area contributed by atoms with Crippen molar-refractivity contribution >= 4 is 5.91 Å². The largest absolute Gasteiger partial charge is 0.373 e. The van der Waals surface area contributed by atoms with Crippen LogP contribution in [-0.4, -0.2) is 49.2 Å². The van der Waals surface area contributed by atoms with E-state index in [1.54, 1.807) is 0 Å². The van der Waals surface area contributed by atoms with E-state index >= 15 is 0 Å². The van der Waals surface area contributed by atoms with Crippen LogP contribution < -0.4 is 5.32 Å². The number of nitrogens with zero attached hydrogens (tertiary/aromatic N) is 1. The van der Waals surface area contributed by atoms with Gasteiger partial charge in [-0.1, -0.05) is 44.6 Å². The molecular weight excluding hydrogens is 336 g/mol. The van der Waals surface area contributed by atoms with Gasteiger partial charge in [-0.15, -0.1) is 6.58 Å². The maximum atomic E-state index is 12.5. The van der Waals surface area contributed by atoms with Crippen LogP contribution in [0.4, 0.5) is 0 Å². The summed E-state index contributed by atoms with van der Waals surface area (Å²) in [6.45, 7) is 7.73. The molecule has 1 heterocycles. The van der Waals surface area contributed by atoms with E-state index in [0.717, 1.165) is 44.7 Å². The van der Waals surface area contributed by atoms with Gasteiger partial charge in [-0.2, -0.15) is 0 Å². The number of carbonyl (C=O) groups excluding carboxylic acids is 1. The van der Waals surface area contributed by atoms with Crippen LogP contribution in [0.25, 0.3) is 0 Å². The second-order valence-corrected chi connectivity index (χ2v) is 9.05. The van der Waals surface area contributed by atoms with Crippen molar-refractivity contribution in [3.05, 3.63) is 12.7 Å². The Labute approximate surface area is 166 Å². The van der Waals surface area contributed by atoms with E-state index in [1.807, 2.05) is 6.08 Å². The second-order valence-electron chi connectivity index (χ2n) is 9.05. The van der Waals surface area contributed by atoms with Crippen molar-refractivity contribution in [3.63, 3.8) is 0 Å². The summed E-state index contributed by atoms with van der Waals surface area (Å²) in [5.41, 5.74) is 0. The maximum absolute atomic E-state index is 12.5. The summed E-state index contributed by atoms with van der Waals surface area (Å²) in [5.74, 6) is 1.70. The molecule has 2 unspecified atom stereocenters. The summed E-state index contributed by atoms with van der Waals surface area (Å²) in [5, 5.41) is 3.42. The minimum Gasteiger partial charge on any atom is -0.373 e. The Balaban J connectivity index is 1.43. The minimum absolute atomic E-state index is 0.296. The van der Waals surface area contributed by atoms with Crippen LogP contribution in [0.2, 0.25) is 0 Å². The minimum atomic E-state index is 0.296. The van der Waals surface area contributed by atoms with Gasteiger partial charge >= 0.3 is 0 Å². The first-order valence-corrected chi connectivity index (χ1v) is 11.5. The lowest BCUT2D eigenvalue weighted by atomic mass is 9.83. The van der Waals surface area contributed by atoms with E-state index in [0.29, 0.717) is 30.6 Å². The molecule has 2 saturated carbocycles. The molecule has 1 N–H and O–H groups in total. The zero-order valence-corrected chi connectivity index (χ0v) is 17.2. The Morgan fingerprint density at radius 3 is 2.67 bits per heavy atom. The molecule has 1 amide bonds. The molecule has 1 aliphatic heterocycles. The molecule has 3 rings (SSSR count). The van der Waals surface area contributed by atoms with Crippen molar-refractivity contribution in [1.29, 1.82) is 0 Å². The molecule has 4 nitrogen and oxygen atoms in total. The van der Waals surface area contributed by atoms with Crippen molar-refractivity contribution < 1.29 is 9.53 Å². The first kappa shape index (κ1) is 20.9. The predicted molar refractivity (Wildman–Crippen MR) is 111 cm³/mol. The highest BCUT2D eigenvalue weighted by atomic mass is 16.5. The maximum Gasteiger partial charge on any atom is 0.220 e. The first-order chi connectivity index (χ1) is 13.2. The fourth-order valence-electron chi connectivity index (χ4n) is 5.38. The van der Waals surface area contributed by atoms with E-state index in [-0.39, 0.29) is 0 Å². The number of piperidine rings is 1. The van der Waals surface area contributed by atoms with Crippen molar-refractivity contribution in [2.75, 3.05) is 26.2 Å². The van der Waals surface area contributed by atoms with Gasteiger partial charge in [0.25, 0.3) is 0 Å². The van der Waals surface area contributed by atoms with Gasteiger partial charge < -0.3 is 15.0 Å². The highest BCUT2D eigenvalue weighted by Gasteiger charge is 2.30. The van der Waals surface area contributed by atoms with Crippen LogP contribution in [0.1, 0.15) is 77.0 Å². The fraction of sp³-hybridized carbons (Fsp3) is 0.870. The standard InChI is InChI=1S/C23H40N2O2/c1-2-16-27-21-11-7-15-25(18-21)17-20-10-5-6-12-22(20)24-23(26)14-13-19-8-3-4-9-19/h2,19-22H,1,3-18H2,(H,24,26)/t20?,21?,22-/m0/s1. The Morgan fingerprint density at radius 1 is 1.07 bits per heavy atom. The average Bonchev–Trinajstić information content (AvgIpc) is 3.20. The Bertz CT molecular complexity index is 461. The van der Waals surface area contributed by atoms with Crippen LogP contribution in [-0.2, 0) is 9.53 Å². The Kier molecular flexibility index (Phi) is 8.66. The monoisotopic (exact) mass is 376 g/mol. The second kappa shape index (κ2) is 11.2. The predicted octanol–water partition coefficient (Wildman–Crippen LogP) is 4.30. The highest BCUT2D eigenvalue weighted by Crippen LogP contribution is 2.29. The lowest BCUT2D eigenvalue weighted by Gasteiger charge is -2.39. The molecule has 0 aromatic carbocycles. The van der Waals surface area contributed by atoms with E-state index < -0.39 is 0 Å². The van der Waals surface area contributed by atoms with Crippen LogP contribution >= 0.6 is 0 Å². The summed E-state index contributed by atoms with van der Waals surface area (Å²) in [4.78, 5) is 15.1. The smallest absolute Gasteiger partial charge is 0.220 e. The molecule has 1 saturated heterocycles. The lowest BCUT2D eigenvalue weighted by Crippen LogP contribution is -2.49. The van der Waals surface area contributed by atoms with Gasteiger partial charge in [-0.25, -0.2) is 0 Å². The number of carbonyl (C=O) groups is 1. The van der Waals surface area contributed by atoms with Gasteiger partial charge in [0.2, 0.25) is 5.91 Å². The summed E-state index contributed by atoms with van der Waals surface area (Å²) < 4.78 is 5.89. The normalized spacial score (nSPS) is 30.3. The number of ether oxygens (including phenoxy) is 1. The third-order valence-corrected chi connectivity index (χ3v) is 6.91. The number of nitrogens with one attached hydrogen (secondary N) is 1. The van der Waals surface area contributed by atoms with E-state index in [2.05, 4.69) is 16.8 Å². The highest BCUT2D eigenvalue weighted by molar-refractivity contribution is 5.76. The van der Waals surface area contributed by atoms with Gasteiger partial charge in [-0.05, 0) is 50.5 Å². The van der Waals surface area contributed by atoms with Gasteiger partial charge in [-0.3, -0.25) is 4.79 Å².